The van der Waals surface area contributed by atoms with Crippen LogP contribution in [0.4, 0.5) is 0 Å². The summed E-state index contributed by atoms with van der Waals surface area (Å²) in [5.74, 6) is 3.19. The Morgan fingerprint density at radius 2 is 1.84 bits per heavy atom. The molecular weight excluding hydrogens is 314 g/mol. The molecule has 0 N–H and O–H groups in total. The van der Waals surface area contributed by atoms with E-state index in [1.165, 1.54) is 32.1 Å². The first-order valence-electron chi connectivity index (χ1n) is 10.1. The number of carbonyl (C=O) groups is 1. The van der Waals surface area contributed by atoms with E-state index in [1.54, 1.807) is 0 Å². The molecule has 0 aromatic carbocycles. The first-order chi connectivity index (χ1) is 12.2. The monoisotopic (exact) mass is 345 g/mol. The lowest BCUT2D eigenvalue weighted by molar-refractivity contribution is -0.135. The van der Waals surface area contributed by atoms with Crippen LogP contribution in [0.3, 0.4) is 0 Å². The van der Waals surface area contributed by atoms with Gasteiger partial charge in [-0.2, -0.15) is 0 Å². The van der Waals surface area contributed by atoms with Gasteiger partial charge < -0.3 is 9.47 Å². The van der Waals surface area contributed by atoms with Gasteiger partial charge in [-0.05, 0) is 38.6 Å². The van der Waals surface area contributed by atoms with Gasteiger partial charge in [0.1, 0.15) is 5.82 Å². The summed E-state index contributed by atoms with van der Waals surface area (Å²) in [6, 6.07) is 0.134. The van der Waals surface area contributed by atoms with E-state index < -0.39 is 0 Å². The summed E-state index contributed by atoms with van der Waals surface area (Å²) < 4.78 is 2.27. The number of likely N-dealkylation sites (N-methyl/N-ethyl adjacent to an activating group) is 1. The predicted octanol–water partition coefficient (Wildman–Crippen LogP) is 2.75. The molecule has 2 fully saturated rings. The summed E-state index contributed by atoms with van der Waals surface area (Å²) in [6.45, 7) is 3.71. The molecule has 0 unspecified atom stereocenters. The zero-order valence-corrected chi connectivity index (χ0v) is 15.5. The van der Waals surface area contributed by atoms with E-state index in [-0.39, 0.29) is 6.04 Å². The predicted molar refractivity (Wildman–Crippen MR) is 95.9 cm³/mol. The molecule has 3 heterocycles. The number of amides is 1. The van der Waals surface area contributed by atoms with E-state index in [0.717, 1.165) is 63.0 Å². The molecule has 0 radical (unpaired) electrons. The molecule has 1 aromatic heterocycles. The number of hydrogen-bond donors (Lipinski definition) is 0. The molecule has 1 saturated carbocycles. The SMILES string of the molecule is CN1CCn2c(nnc2[C@H]2CCCCN2C(=O)CCC2CCCC2)C1. The van der Waals surface area contributed by atoms with Gasteiger partial charge in [0.15, 0.2) is 5.82 Å². The van der Waals surface area contributed by atoms with Gasteiger partial charge in [0.25, 0.3) is 0 Å². The van der Waals surface area contributed by atoms with Gasteiger partial charge in [-0.15, -0.1) is 10.2 Å². The van der Waals surface area contributed by atoms with Crippen molar-refractivity contribution in [2.45, 2.75) is 76.9 Å². The van der Waals surface area contributed by atoms with Crippen LogP contribution in [0.2, 0.25) is 0 Å². The van der Waals surface area contributed by atoms with E-state index in [1.807, 2.05) is 0 Å². The number of likely N-dealkylation sites (tertiary alicyclic amines) is 1. The average molecular weight is 345 g/mol. The molecule has 0 spiro atoms. The molecule has 3 aliphatic rings. The Kier molecular flexibility index (Phi) is 5.06. The summed E-state index contributed by atoms with van der Waals surface area (Å²) in [6.07, 6.45) is 10.5. The summed E-state index contributed by atoms with van der Waals surface area (Å²) in [5.41, 5.74) is 0. The van der Waals surface area contributed by atoms with Crippen LogP contribution in [0.25, 0.3) is 0 Å². The number of piperidine rings is 1. The minimum atomic E-state index is 0.134. The van der Waals surface area contributed by atoms with Crippen molar-refractivity contribution in [1.82, 2.24) is 24.6 Å². The molecular formula is C19H31N5O. The van der Waals surface area contributed by atoms with Crippen molar-refractivity contribution in [2.75, 3.05) is 20.1 Å². The highest BCUT2D eigenvalue weighted by atomic mass is 16.2. The average Bonchev–Trinajstić information content (AvgIpc) is 3.29. The van der Waals surface area contributed by atoms with E-state index in [0.29, 0.717) is 12.3 Å². The third-order valence-corrected chi connectivity index (χ3v) is 6.34. The Balaban J connectivity index is 1.46. The smallest absolute Gasteiger partial charge is 0.223 e. The van der Waals surface area contributed by atoms with Crippen LogP contribution >= 0.6 is 0 Å². The number of carbonyl (C=O) groups excluding carboxylic acids is 1. The third kappa shape index (κ3) is 3.59. The van der Waals surface area contributed by atoms with E-state index >= 15 is 0 Å². The Bertz CT molecular complexity index is 607. The van der Waals surface area contributed by atoms with Crippen LogP contribution < -0.4 is 0 Å². The van der Waals surface area contributed by atoms with Crippen molar-refractivity contribution in [3.05, 3.63) is 11.6 Å². The van der Waals surface area contributed by atoms with Crippen LogP contribution in [0, 0.1) is 5.92 Å². The lowest BCUT2D eigenvalue weighted by Gasteiger charge is -2.36. The fraction of sp³-hybridized carbons (Fsp3) is 0.842. The molecule has 1 amide bonds. The van der Waals surface area contributed by atoms with Gasteiger partial charge in [0.05, 0.1) is 12.6 Å². The van der Waals surface area contributed by atoms with Crippen molar-refractivity contribution in [3.8, 4) is 0 Å². The first-order valence-corrected chi connectivity index (χ1v) is 10.1. The standard InChI is InChI=1S/C19H31N5O/c1-22-12-13-24-17(14-22)20-21-19(24)16-8-4-5-11-23(16)18(25)10-9-15-6-2-3-7-15/h15-16H,2-14H2,1H3/t16-/m1/s1. The molecule has 1 saturated heterocycles. The summed E-state index contributed by atoms with van der Waals surface area (Å²) in [5, 5.41) is 8.94. The number of rotatable bonds is 4. The van der Waals surface area contributed by atoms with Crippen molar-refractivity contribution in [1.29, 1.82) is 0 Å². The van der Waals surface area contributed by atoms with Crippen LogP contribution in [0.1, 0.15) is 75.5 Å². The highest BCUT2D eigenvalue weighted by molar-refractivity contribution is 5.76. The largest absolute Gasteiger partial charge is 0.332 e. The molecule has 1 aromatic rings. The Morgan fingerprint density at radius 1 is 1.04 bits per heavy atom. The second-order valence-corrected chi connectivity index (χ2v) is 8.15. The second-order valence-electron chi connectivity index (χ2n) is 8.15. The molecule has 1 atom stereocenters. The lowest BCUT2D eigenvalue weighted by atomic mass is 9.98. The highest BCUT2D eigenvalue weighted by Crippen LogP contribution is 2.33. The van der Waals surface area contributed by atoms with Gasteiger partial charge in [-0.3, -0.25) is 9.69 Å². The van der Waals surface area contributed by atoms with E-state index in [4.69, 9.17) is 0 Å². The Hall–Kier alpha value is -1.43. The van der Waals surface area contributed by atoms with E-state index in [9.17, 15) is 4.79 Å². The number of aromatic nitrogens is 3. The van der Waals surface area contributed by atoms with Crippen LogP contribution in [0.5, 0.6) is 0 Å². The third-order valence-electron chi connectivity index (χ3n) is 6.34. The maximum absolute atomic E-state index is 12.9. The molecule has 25 heavy (non-hydrogen) atoms. The maximum atomic E-state index is 12.9. The summed E-state index contributed by atoms with van der Waals surface area (Å²) >= 11 is 0. The van der Waals surface area contributed by atoms with Crippen molar-refractivity contribution < 1.29 is 4.79 Å². The van der Waals surface area contributed by atoms with Crippen molar-refractivity contribution in [3.63, 3.8) is 0 Å². The summed E-state index contributed by atoms with van der Waals surface area (Å²) in [7, 11) is 2.12. The Morgan fingerprint density at radius 3 is 2.68 bits per heavy atom. The fourth-order valence-electron chi connectivity index (χ4n) is 4.82. The highest BCUT2D eigenvalue weighted by Gasteiger charge is 2.33. The second kappa shape index (κ2) is 7.44. The molecule has 0 bridgehead atoms. The first kappa shape index (κ1) is 17.0. The van der Waals surface area contributed by atoms with Gasteiger partial charge >= 0.3 is 0 Å². The molecule has 6 heteroatoms. The molecule has 4 rings (SSSR count). The minimum Gasteiger partial charge on any atom is -0.332 e. The zero-order chi connectivity index (χ0) is 17.2. The van der Waals surface area contributed by atoms with Gasteiger partial charge in [-0.1, -0.05) is 25.7 Å². The summed E-state index contributed by atoms with van der Waals surface area (Å²) in [4.78, 5) is 17.3. The van der Waals surface area contributed by atoms with Crippen LogP contribution in [-0.4, -0.2) is 50.6 Å². The molecule has 1 aliphatic carbocycles. The van der Waals surface area contributed by atoms with Gasteiger partial charge in [-0.25, -0.2) is 0 Å². The van der Waals surface area contributed by atoms with Crippen LogP contribution in [0.15, 0.2) is 0 Å². The van der Waals surface area contributed by atoms with Crippen molar-refractivity contribution in [2.24, 2.45) is 5.92 Å². The van der Waals surface area contributed by atoms with Crippen LogP contribution in [-0.2, 0) is 17.9 Å². The molecule has 138 valence electrons. The number of hydrogen-bond acceptors (Lipinski definition) is 4. The van der Waals surface area contributed by atoms with Gasteiger partial charge in [0, 0.05) is 26.1 Å². The molecule has 6 nitrogen and oxygen atoms in total. The molecule has 2 aliphatic heterocycles. The van der Waals surface area contributed by atoms with Crippen molar-refractivity contribution >= 4 is 5.91 Å². The topological polar surface area (TPSA) is 54.3 Å². The zero-order valence-electron chi connectivity index (χ0n) is 15.5. The maximum Gasteiger partial charge on any atom is 0.223 e. The lowest BCUT2D eigenvalue weighted by Crippen LogP contribution is -2.40. The fourth-order valence-corrected chi connectivity index (χ4v) is 4.82. The Labute approximate surface area is 150 Å². The van der Waals surface area contributed by atoms with E-state index in [2.05, 4.69) is 31.6 Å². The number of nitrogens with zero attached hydrogens (tertiary/aromatic N) is 5. The number of fused-ring (bicyclic) bond motifs is 1. The normalized spacial score (nSPS) is 25.3. The quantitative estimate of drug-likeness (QED) is 0.842. The van der Waals surface area contributed by atoms with Gasteiger partial charge in [0.2, 0.25) is 5.91 Å². The minimum absolute atomic E-state index is 0.134.